The number of carbonyl (C=O) groups excluding carboxylic acids is 1. The summed E-state index contributed by atoms with van der Waals surface area (Å²) in [6.07, 6.45) is 0. The minimum atomic E-state index is -0.308. The molecule has 0 saturated carbocycles. The first-order chi connectivity index (χ1) is 13.0. The van der Waals surface area contributed by atoms with E-state index in [2.05, 4.69) is 29.5 Å². The van der Waals surface area contributed by atoms with Crippen molar-refractivity contribution in [3.05, 3.63) is 71.0 Å². The van der Waals surface area contributed by atoms with Gasteiger partial charge in [-0.15, -0.1) is 5.10 Å². The van der Waals surface area contributed by atoms with Crippen molar-refractivity contribution in [1.29, 1.82) is 0 Å². The van der Waals surface area contributed by atoms with Crippen molar-refractivity contribution in [3.8, 4) is 5.69 Å². The van der Waals surface area contributed by atoms with Gasteiger partial charge in [-0.2, -0.15) is 0 Å². The summed E-state index contributed by atoms with van der Waals surface area (Å²) in [6, 6.07) is 15.7. The number of nitrogens with zero attached hydrogens (tertiary/aromatic N) is 3. The molecule has 3 aromatic rings. The van der Waals surface area contributed by atoms with Gasteiger partial charge in [-0.1, -0.05) is 48.9 Å². The summed E-state index contributed by atoms with van der Waals surface area (Å²) in [4.78, 5) is 12.7. The summed E-state index contributed by atoms with van der Waals surface area (Å²) in [6.45, 7) is 6.52. The number of hydrogen-bond donors (Lipinski definition) is 1. The second-order valence-corrected chi connectivity index (χ2v) is 6.80. The van der Waals surface area contributed by atoms with Gasteiger partial charge >= 0.3 is 0 Å². The second-order valence-electron chi connectivity index (χ2n) is 6.80. The van der Waals surface area contributed by atoms with Crippen molar-refractivity contribution in [2.24, 2.45) is 0 Å². The third-order valence-electron chi connectivity index (χ3n) is 4.37. The summed E-state index contributed by atoms with van der Waals surface area (Å²) in [5.74, 6) is 0.134. The number of nitrogens with one attached hydrogen (secondary N) is 1. The number of aromatic nitrogens is 3. The van der Waals surface area contributed by atoms with Gasteiger partial charge in [0, 0.05) is 12.8 Å². The van der Waals surface area contributed by atoms with Crippen LogP contribution in [0, 0.1) is 6.92 Å². The van der Waals surface area contributed by atoms with Crippen LogP contribution in [0.5, 0.6) is 0 Å². The van der Waals surface area contributed by atoms with Crippen LogP contribution < -0.4 is 5.32 Å². The van der Waals surface area contributed by atoms with Gasteiger partial charge in [0.1, 0.15) is 5.69 Å². The van der Waals surface area contributed by atoms with Crippen LogP contribution in [-0.4, -0.2) is 28.0 Å². The highest BCUT2D eigenvalue weighted by molar-refractivity contribution is 6.03. The lowest BCUT2D eigenvalue weighted by Gasteiger charge is -2.09. The Balaban J connectivity index is 1.86. The summed E-state index contributed by atoms with van der Waals surface area (Å²) >= 11 is 0. The molecule has 0 unspecified atom stereocenters. The van der Waals surface area contributed by atoms with Crippen LogP contribution in [-0.2, 0) is 11.3 Å². The topological polar surface area (TPSA) is 69.0 Å². The number of hydrogen-bond acceptors (Lipinski definition) is 4. The van der Waals surface area contributed by atoms with Gasteiger partial charge in [0.2, 0.25) is 0 Å². The van der Waals surface area contributed by atoms with E-state index in [4.69, 9.17) is 4.74 Å². The minimum absolute atomic E-state index is 0.232. The Kier molecular flexibility index (Phi) is 5.66. The van der Waals surface area contributed by atoms with Crippen LogP contribution in [0.2, 0.25) is 0 Å². The highest BCUT2D eigenvalue weighted by Gasteiger charge is 2.20. The SMILES string of the molecule is COCc1c(C(=O)Nc2ccc(C(C)C)cc2)nnn1-c1ccc(C)cc1. The predicted molar refractivity (Wildman–Crippen MR) is 105 cm³/mol. The number of anilines is 1. The van der Waals surface area contributed by atoms with Gasteiger partial charge < -0.3 is 10.1 Å². The number of amides is 1. The zero-order chi connectivity index (χ0) is 19.4. The van der Waals surface area contributed by atoms with Crippen molar-refractivity contribution in [2.45, 2.75) is 33.3 Å². The van der Waals surface area contributed by atoms with E-state index in [-0.39, 0.29) is 18.2 Å². The first kappa shape index (κ1) is 18.8. The average Bonchev–Trinajstić information content (AvgIpc) is 3.07. The van der Waals surface area contributed by atoms with Crippen molar-refractivity contribution in [3.63, 3.8) is 0 Å². The minimum Gasteiger partial charge on any atom is -0.378 e. The molecule has 1 amide bonds. The second kappa shape index (κ2) is 8.14. The summed E-state index contributed by atoms with van der Waals surface area (Å²) in [5, 5.41) is 11.1. The summed E-state index contributed by atoms with van der Waals surface area (Å²) in [5.41, 5.74) is 4.79. The Morgan fingerprint density at radius 1 is 1.11 bits per heavy atom. The van der Waals surface area contributed by atoms with E-state index in [0.717, 1.165) is 16.9 Å². The first-order valence-electron chi connectivity index (χ1n) is 8.91. The molecule has 6 heteroatoms. The van der Waals surface area contributed by atoms with Gasteiger partial charge in [0.15, 0.2) is 5.69 Å². The van der Waals surface area contributed by atoms with Crippen molar-refractivity contribution in [1.82, 2.24) is 15.0 Å². The molecule has 27 heavy (non-hydrogen) atoms. The molecule has 2 aromatic carbocycles. The standard InChI is InChI=1S/C21H24N4O2/c1-14(2)16-7-9-17(10-8-16)22-21(26)20-19(13-27-4)25(24-23-20)18-11-5-15(3)6-12-18/h5-12,14H,13H2,1-4H3,(H,22,26). The van der Waals surface area contributed by atoms with Crippen LogP contribution in [0.15, 0.2) is 48.5 Å². The van der Waals surface area contributed by atoms with E-state index < -0.39 is 0 Å². The van der Waals surface area contributed by atoms with Crippen LogP contribution >= 0.6 is 0 Å². The highest BCUT2D eigenvalue weighted by Crippen LogP contribution is 2.19. The van der Waals surface area contributed by atoms with E-state index >= 15 is 0 Å². The third kappa shape index (κ3) is 4.23. The van der Waals surface area contributed by atoms with Crippen LogP contribution in [0.4, 0.5) is 5.69 Å². The molecule has 3 rings (SSSR count). The molecule has 1 N–H and O–H groups in total. The zero-order valence-corrected chi connectivity index (χ0v) is 16.1. The van der Waals surface area contributed by atoms with Crippen molar-refractivity contribution < 1.29 is 9.53 Å². The number of methoxy groups -OCH3 is 1. The predicted octanol–water partition coefficient (Wildman–Crippen LogP) is 4.10. The molecule has 1 heterocycles. The van der Waals surface area contributed by atoms with E-state index in [1.807, 2.05) is 55.5 Å². The number of benzene rings is 2. The fourth-order valence-electron chi connectivity index (χ4n) is 2.78. The monoisotopic (exact) mass is 364 g/mol. The molecule has 0 atom stereocenters. The Hall–Kier alpha value is -2.99. The molecule has 0 saturated heterocycles. The van der Waals surface area contributed by atoms with E-state index in [1.54, 1.807) is 11.8 Å². The smallest absolute Gasteiger partial charge is 0.278 e. The van der Waals surface area contributed by atoms with Gasteiger partial charge in [-0.05, 0) is 42.7 Å². The molecule has 0 fully saturated rings. The average molecular weight is 364 g/mol. The Morgan fingerprint density at radius 3 is 2.37 bits per heavy atom. The zero-order valence-electron chi connectivity index (χ0n) is 16.1. The molecule has 1 aromatic heterocycles. The molecule has 0 bridgehead atoms. The molecule has 140 valence electrons. The lowest BCUT2D eigenvalue weighted by Crippen LogP contribution is -2.16. The Morgan fingerprint density at radius 2 is 1.78 bits per heavy atom. The number of ether oxygens (including phenoxy) is 1. The van der Waals surface area contributed by atoms with E-state index in [9.17, 15) is 4.79 Å². The van der Waals surface area contributed by atoms with Gasteiger partial charge in [-0.3, -0.25) is 4.79 Å². The number of aryl methyl sites for hydroxylation is 1. The van der Waals surface area contributed by atoms with E-state index in [0.29, 0.717) is 11.6 Å². The van der Waals surface area contributed by atoms with Crippen molar-refractivity contribution in [2.75, 3.05) is 12.4 Å². The van der Waals surface area contributed by atoms with Crippen LogP contribution in [0.3, 0.4) is 0 Å². The quantitative estimate of drug-likeness (QED) is 0.715. The lowest BCUT2D eigenvalue weighted by molar-refractivity contribution is 0.101. The fraction of sp³-hybridized carbons (Fsp3) is 0.286. The van der Waals surface area contributed by atoms with Gasteiger partial charge in [0.05, 0.1) is 12.3 Å². The van der Waals surface area contributed by atoms with Crippen LogP contribution in [0.1, 0.15) is 47.1 Å². The maximum atomic E-state index is 12.7. The number of rotatable bonds is 6. The fourth-order valence-corrected chi connectivity index (χ4v) is 2.78. The summed E-state index contributed by atoms with van der Waals surface area (Å²) < 4.78 is 6.91. The summed E-state index contributed by atoms with van der Waals surface area (Å²) in [7, 11) is 1.58. The molecular formula is C21H24N4O2. The molecule has 0 radical (unpaired) electrons. The van der Waals surface area contributed by atoms with Gasteiger partial charge in [-0.25, -0.2) is 4.68 Å². The molecule has 0 aliphatic carbocycles. The van der Waals surface area contributed by atoms with Gasteiger partial charge in [0.25, 0.3) is 5.91 Å². The largest absolute Gasteiger partial charge is 0.378 e. The first-order valence-corrected chi connectivity index (χ1v) is 8.91. The molecule has 0 aliphatic rings. The molecular weight excluding hydrogens is 340 g/mol. The van der Waals surface area contributed by atoms with Crippen molar-refractivity contribution >= 4 is 11.6 Å². The maximum absolute atomic E-state index is 12.7. The van der Waals surface area contributed by atoms with E-state index in [1.165, 1.54) is 5.56 Å². The number of carbonyl (C=O) groups is 1. The third-order valence-corrected chi connectivity index (χ3v) is 4.37. The lowest BCUT2D eigenvalue weighted by atomic mass is 10.0. The Bertz CT molecular complexity index is 912. The normalized spacial score (nSPS) is 11.0. The molecule has 0 aliphatic heterocycles. The molecule has 0 spiro atoms. The maximum Gasteiger partial charge on any atom is 0.278 e. The Labute approximate surface area is 159 Å². The highest BCUT2D eigenvalue weighted by atomic mass is 16.5. The molecule has 6 nitrogen and oxygen atoms in total. The van der Waals surface area contributed by atoms with Crippen LogP contribution in [0.25, 0.3) is 5.69 Å².